The van der Waals surface area contributed by atoms with Gasteiger partial charge >= 0.3 is 23.9 Å². The number of aliphatic carboxylic acids is 1. The number of nitrogens with two attached hydrogens (primary N) is 1. The molecule has 0 radical (unpaired) electrons. The lowest BCUT2D eigenvalue weighted by atomic mass is 9.86. The molecule has 2 aromatic carbocycles. The van der Waals surface area contributed by atoms with E-state index >= 15 is 0 Å². The van der Waals surface area contributed by atoms with Gasteiger partial charge in [0, 0.05) is 26.7 Å². The van der Waals surface area contributed by atoms with Crippen molar-refractivity contribution in [2.24, 2.45) is 5.73 Å². The number of carboxylic acids is 1. The second kappa shape index (κ2) is 10.5. The molecular weight excluding hydrogens is 418 g/mol. The summed E-state index contributed by atoms with van der Waals surface area (Å²) in [5.41, 5.74) is 5.15. The monoisotopic (exact) mass is 443 g/mol. The van der Waals surface area contributed by atoms with E-state index in [-0.39, 0.29) is 24.3 Å². The van der Waals surface area contributed by atoms with Crippen molar-refractivity contribution in [3.8, 4) is 11.5 Å². The van der Waals surface area contributed by atoms with Gasteiger partial charge in [-0.2, -0.15) is 0 Å². The third-order valence-electron chi connectivity index (χ3n) is 4.43. The van der Waals surface area contributed by atoms with Crippen molar-refractivity contribution in [1.82, 2.24) is 0 Å². The zero-order chi connectivity index (χ0) is 23.9. The Morgan fingerprint density at radius 3 is 2.12 bits per heavy atom. The highest BCUT2D eigenvalue weighted by Gasteiger charge is 2.37. The van der Waals surface area contributed by atoms with Crippen LogP contribution < -0.4 is 15.2 Å². The van der Waals surface area contributed by atoms with Crippen molar-refractivity contribution in [1.29, 1.82) is 0 Å². The summed E-state index contributed by atoms with van der Waals surface area (Å²) < 4.78 is 15.4. The van der Waals surface area contributed by atoms with Gasteiger partial charge in [0.1, 0.15) is 11.6 Å². The maximum atomic E-state index is 12.2. The molecule has 0 amide bonds. The smallest absolute Gasteiger partial charge is 0.338 e. The second-order valence-electron chi connectivity index (χ2n) is 7.39. The van der Waals surface area contributed by atoms with Gasteiger partial charge in [0.15, 0.2) is 11.5 Å². The van der Waals surface area contributed by atoms with E-state index in [1.165, 1.54) is 32.0 Å². The molecule has 1 unspecified atom stereocenters. The highest BCUT2D eigenvalue weighted by atomic mass is 16.6. The summed E-state index contributed by atoms with van der Waals surface area (Å²) in [6, 6.07) is 12.6. The fourth-order valence-electron chi connectivity index (χ4n) is 3.12. The van der Waals surface area contributed by atoms with E-state index in [0.717, 1.165) is 0 Å². The lowest BCUT2D eigenvalue weighted by Gasteiger charge is -2.28. The number of rotatable bonds is 9. The standard InChI is InChI=1S/C23H25NO8/c1-14(30-21(27)18-7-5-4-6-8-18)12-23(24,22(28)29)13-17-9-10-19(31-15(2)25)20(11-17)32-16(3)26/h4-11,14H,12-13,24H2,1-3H3,(H,28,29)/t14-,23?/m0/s1. The molecule has 0 aromatic heterocycles. The zero-order valence-corrected chi connectivity index (χ0v) is 18.0. The predicted octanol–water partition coefficient (Wildman–Crippen LogP) is 2.50. The van der Waals surface area contributed by atoms with Crippen molar-refractivity contribution >= 4 is 23.9 Å². The average Bonchev–Trinajstić information content (AvgIpc) is 2.69. The first kappa shape index (κ1) is 24.5. The van der Waals surface area contributed by atoms with Gasteiger partial charge < -0.3 is 25.1 Å². The zero-order valence-electron chi connectivity index (χ0n) is 18.0. The molecule has 0 saturated carbocycles. The van der Waals surface area contributed by atoms with Crippen LogP contribution in [-0.4, -0.2) is 40.6 Å². The van der Waals surface area contributed by atoms with E-state index in [2.05, 4.69) is 0 Å². The number of hydrogen-bond acceptors (Lipinski definition) is 8. The Labute approximate surface area is 185 Å². The van der Waals surface area contributed by atoms with Crippen molar-refractivity contribution in [2.45, 2.75) is 45.3 Å². The van der Waals surface area contributed by atoms with Gasteiger partial charge in [-0.15, -0.1) is 0 Å². The molecule has 0 aliphatic heterocycles. The Morgan fingerprint density at radius 1 is 0.969 bits per heavy atom. The number of carboxylic acid groups (broad SMARTS) is 1. The van der Waals surface area contributed by atoms with Gasteiger partial charge in [-0.3, -0.25) is 14.4 Å². The number of carbonyl (C=O) groups is 4. The lowest BCUT2D eigenvalue weighted by molar-refractivity contribution is -0.144. The number of hydrogen-bond donors (Lipinski definition) is 2. The van der Waals surface area contributed by atoms with Crippen molar-refractivity contribution in [3.05, 3.63) is 59.7 Å². The number of carbonyl (C=O) groups excluding carboxylic acids is 3. The first-order chi connectivity index (χ1) is 15.0. The van der Waals surface area contributed by atoms with E-state index in [1.807, 2.05) is 0 Å². The first-order valence-electron chi connectivity index (χ1n) is 9.78. The van der Waals surface area contributed by atoms with Gasteiger partial charge in [-0.25, -0.2) is 4.79 Å². The summed E-state index contributed by atoms with van der Waals surface area (Å²) >= 11 is 0. The Balaban J connectivity index is 2.20. The van der Waals surface area contributed by atoms with Gasteiger partial charge in [0.2, 0.25) is 0 Å². The van der Waals surface area contributed by atoms with E-state index in [1.54, 1.807) is 37.3 Å². The van der Waals surface area contributed by atoms with Gasteiger partial charge in [-0.1, -0.05) is 24.3 Å². The molecule has 3 N–H and O–H groups in total. The minimum Gasteiger partial charge on any atom is -0.480 e. The van der Waals surface area contributed by atoms with Crippen molar-refractivity contribution < 1.29 is 38.5 Å². The fraction of sp³-hybridized carbons (Fsp3) is 0.304. The molecule has 2 aromatic rings. The van der Waals surface area contributed by atoms with E-state index in [9.17, 15) is 24.3 Å². The van der Waals surface area contributed by atoms with E-state index in [4.69, 9.17) is 19.9 Å². The molecule has 2 atom stereocenters. The van der Waals surface area contributed by atoms with Crippen LogP contribution in [0.4, 0.5) is 0 Å². The summed E-state index contributed by atoms with van der Waals surface area (Å²) in [5.74, 6) is -3.17. The third-order valence-corrected chi connectivity index (χ3v) is 4.43. The highest BCUT2D eigenvalue weighted by molar-refractivity contribution is 5.89. The topological polar surface area (TPSA) is 142 Å². The van der Waals surface area contributed by atoms with Crippen LogP contribution in [0, 0.1) is 0 Å². The molecule has 0 aliphatic carbocycles. The normalized spacial score (nSPS) is 13.4. The molecule has 0 aliphatic rings. The largest absolute Gasteiger partial charge is 0.480 e. The average molecular weight is 443 g/mol. The first-order valence-corrected chi connectivity index (χ1v) is 9.78. The summed E-state index contributed by atoms with van der Waals surface area (Å²) in [7, 11) is 0. The molecule has 0 spiro atoms. The van der Waals surface area contributed by atoms with Crippen molar-refractivity contribution in [2.75, 3.05) is 0 Å². The quantitative estimate of drug-likeness (QED) is 0.441. The molecule has 170 valence electrons. The Morgan fingerprint density at radius 2 is 1.56 bits per heavy atom. The molecule has 0 saturated heterocycles. The molecule has 32 heavy (non-hydrogen) atoms. The minimum absolute atomic E-state index is 0.0135. The Hall–Kier alpha value is -3.72. The van der Waals surface area contributed by atoms with Crippen LogP contribution in [0.15, 0.2) is 48.5 Å². The van der Waals surface area contributed by atoms with Crippen LogP contribution in [0.2, 0.25) is 0 Å². The summed E-state index contributed by atoms with van der Waals surface area (Å²) in [6.45, 7) is 3.93. The summed E-state index contributed by atoms with van der Waals surface area (Å²) in [6.07, 6.45) is -1.13. The predicted molar refractivity (Wildman–Crippen MR) is 113 cm³/mol. The van der Waals surface area contributed by atoms with E-state index < -0.39 is 35.5 Å². The van der Waals surface area contributed by atoms with Crippen LogP contribution in [0.3, 0.4) is 0 Å². The number of esters is 3. The number of benzene rings is 2. The van der Waals surface area contributed by atoms with Gasteiger partial charge in [-0.05, 0) is 36.8 Å². The van der Waals surface area contributed by atoms with Crippen molar-refractivity contribution in [3.63, 3.8) is 0 Å². The lowest BCUT2D eigenvalue weighted by Crippen LogP contribution is -2.52. The molecular formula is C23H25NO8. The molecule has 0 bridgehead atoms. The fourth-order valence-corrected chi connectivity index (χ4v) is 3.12. The van der Waals surface area contributed by atoms with Gasteiger partial charge in [0.25, 0.3) is 0 Å². The molecule has 2 rings (SSSR count). The van der Waals surface area contributed by atoms with Crippen LogP contribution >= 0.6 is 0 Å². The van der Waals surface area contributed by atoms with Crippen LogP contribution in [0.5, 0.6) is 11.5 Å². The maximum Gasteiger partial charge on any atom is 0.338 e. The minimum atomic E-state index is -1.78. The Bertz CT molecular complexity index is 1000. The van der Waals surface area contributed by atoms with Gasteiger partial charge in [0.05, 0.1) is 5.56 Å². The van der Waals surface area contributed by atoms with Crippen LogP contribution in [-0.2, 0) is 25.5 Å². The maximum absolute atomic E-state index is 12.2. The molecule has 9 nitrogen and oxygen atoms in total. The van der Waals surface area contributed by atoms with E-state index in [0.29, 0.717) is 11.1 Å². The molecule has 0 heterocycles. The highest BCUT2D eigenvalue weighted by Crippen LogP contribution is 2.31. The Kier molecular flexibility index (Phi) is 8.09. The van der Waals surface area contributed by atoms with Crippen LogP contribution in [0.25, 0.3) is 0 Å². The SMILES string of the molecule is CC(=O)Oc1ccc(CC(N)(C[C@H](C)OC(=O)c2ccccc2)C(=O)O)cc1OC(C)=O. The summed E-state index contributed by atoms with van der Waals surface area (Å²) in [5, 5.41) is 9.76. The second-order valence-corrected chi connectivity index (χ2v) is 7.39. The molecule has 9 heteroatoms. The third kappa shape index (κ3) is 6.92. The molecule has 0 fully saturated rings. The summed E-state index contributed by atoms with van der Waals surface area (Å²) in [4.78, 5) is 46.9. The number of ether oxygens (including phenoxy) is 3. The van der Waals surface area contributed by atoms with Crippen LogP contribution in [0.1, 0.15) is 43.1 Å².